The summed E-state index contributed by atoms with van der Waals surface area (Å²) in [6.07, 6.45) is 1.16. The standard InChI is InChI=1S/C13H17N/c1-5-10(2)12-6-8-13(9-7-12)11(3)14-4/h6-11H,5H2,1-3H3. The molecular weight excluding hydrogens is 170 g/mol. The van der Waals surface area contributed by atoms with E-state index >= 15 is 0 Å². The molecule has 0 fully saturated rings. The highest BCUT2D eigenvalue weighted by atomic mass is 14.7. The molecule has 0 heterocycles. The van der Waals surface area contributed by atoms with Crippen LogP contribution in [0.3, 0.4) is 0 Å². The van der Waals surface area contributed by atoms with E-state index in [1.54, 1.807) is 0 Å². The summed E-state index contributed by atoms with van der Waals surface area (Å²) in [5.74, 6) is 0.618. The molecule has 0 amide bonds. The van der Waals surface area contributed by atoms with Crippen LogP contribution in [0.25, 0.3) is 4.85 Å². The van der Waals surface area contributed by atoms with E-state index in [-0.39, 0.29) is 6.04 Å². The van der Waals surface area contributed by atoms with Crippen LogP contribution in [0.1, 0.15) is 50.3 Å². The molecule has 0 bridgehead atoms. The van der Waals surface area contributed by atoms with Gasteiger partial charge in [0.05, 0.1) is 0 Å². The molecule has 1 heteroatoms. The predicted octanol–water partition coefficient (Wildman–Crippen LogP) is 4.18. The molecule has 74 valence electrons. The lowest BCUT2D eigenvalue weighted by Crippen LogP contribution is -1.92. The maximum atomic E-state index is 6.95. The van der Waals surface area contributed by atoms with Crippen molar-refractivity contribution in [3.63, 3.8) is 0 Å². The number of rotatable bonds is 3. The molecule has 14 heavy (non-hydrogen) atoms. The lowest BCUT2D eigenvalue weighted by atomic mass is 9.96. The van der Waals surface area contributed by atoms with Crippen LogP contribution in [0, 0.1) is 6.57 Å². The fourth-order valence-corrected chi connectivity index (χ4v) is 1.41. The molecule has 0 radical (unpaired) electrons. The van der Waals surface area contributed by atoms with E-state index in [0.717, 1.165) is 12.0 Å². The topological polar surface area (TPSA) is 4.36 Å². The van der Waals surface area contributed by atoms with Crippen molar-refractivity contribution in [2.24, 2.45) is 0 Å². The molecular formula is C13H17N. The number of nitrogens with zero attached hydrogens (tertiary/aromatic N) is 1. The summed E-state index contributed by atoms with van der Waals surface area (Å²) < 4.78 is 0. The minimum absolute atomic E-state index is 0.0130. The third-order valence-electron chi connectivity index (χ3n) is 2.79. The first-order chi connectivity index (χ1) is 6.69. The molecule has 0 saturated heterocycles. The summed E-state index contributed by atoms with van der Waals surface area (Å²) in [6, 6.07) is 8.42. The molecule has 0 aliphatic rings. The van der Waals surface area contributed by atoms with Gasteiger partial charge in [0.1, 0.15) is 0 Å². The van der Waals surface area contributed by atoms with Gasteiger partial charge in [-0.2, -0.15) is 0 Å². The smallest absolute Gasteiger partial charge is 0.245 e. The molecule has 1 nitrogen and oxygen atoms in total. The molecule has 0 aromatic heterocycles. The largest absolute Gasteiger partial charge is 0.309 e. The van der Waals surface area contributed by atoms with Crippen LogP contribution in [0.4, 0.5) is 0 Å². The van der Waals surface area contributed by atoms with Crippen molar-refractivity contribution in [1.29, 1.82) is 0 Å². The van der Waals surface area contributed by atoms with Crippen molar-refractivity contribution in [3.8, 4) is 0 Å². The van der Waals surface area contributed by atoms with Crippen LogP contribution in [-0.2, 0) is 0 Å². The normalized spacial score (nSPS) is 14.4. The first-order valence-electron chi connectivity index (χ1n) is 5.15. The Hall–Kier alpha value is -1.29. The van der Waals surface area contributed by atoms with Gasteiger partial charge in [0.15, 0.2) is 0 Å². The molecule has 1 aromatic carbocycles. The zero-order valence-corrected chi connectivity index (χ0v) is 9.12. The van der Waals surface area contributed by atoms with E-state index in [9.17, 15) is 0 Å². The zero-order chi connectivity index (χ0) is 10.6. The predicted molar refractivity (Wildman–Crippen MR) is 60.2 cm³/mol. The van der Waals surface area contributed by atoms with Gasteiger partial charge in [-0.3, -0.25) is 0 Å². The van der Waals surface area contributed by atoms with Crippen LogP contribution < -0.4 is 0 Å². The molecule has 1 rings (SSSR count). The fraction of sp³-hybridized carbons (Fsp3) is 0.462. The van der Waals surface area contributed by atoms with Crippen LogP contribution in [0.15, 0.2) is 24.3 Å². The summed E-state index contributed by atoms with van der Waals surface area (Å²) in [6.45, 7) is 13.3. The molecule has 2 unspecified atom stereocenters. The molecule has 2 atom stereocenters. The van der Waals surface area contributed by atoms with Gasteiger partial charge in [-0.1, -0.05) is 38.1 Å². The number of hydrogen-bond acceptors (Lipinski definition) is 0. The second-order valence-electron chi connectivity index (χ2n) is 3.78. The first-order valence-corrected chi connectivity index (χ1v) is 5.15. The second kappa shape index (κ2) is 4.81. The van der Waals surface area contributed by atoms with Crippen molar-refractivity contribution in [1.82, 2.24) is 0 Å². The van der Waals surface area contributed by atoms with Crippen LogP contribution in [0.5, 0.6) is 0 Å². The Labute approximate surface area is 86.6 Å². The van der Waals surface area contributed by atoms with E-state index in [1.807, 2.05) is 6.92 Å². The maximum Gasteiger partial charge on any atom is 0.245 e. The van der Waals surface area contributed by atoms with E-state index in [2.05, 4.69) is 43.0 Å². The average Bonchev–Trinajstić information content (AvgIpc) is 2.27. The Morgan fingerprint density at radius 3 is 2.07 bits per heavy atom. The van der Waals surface area contributed by atoms with E-state index in [1.165, 1.54) is 5.56 Å². The minimum Gasteiger partial charge on any atom is -0.309 e. The number of hydrogen-bond donors (Lipinski definition) is 0. The second-order valence-corrected chi connectivity index (χ2v) is 3.78. The van der Waals surface area contributed by atoms with Gasteiger partial charge >= 0.3 is 0 Å². The Kier molecular flexibility index (Phi) is 3.71. The molecule has 1 aromatic rings. The molecule has 0 aliphatic heterocycles. The summed E-state index contributed by atoms with van der Waals surface area (Å²) in [5, 5.41) is 0. The lowest BCUT2D eigenvalue weighted by molar-refractivity contribution is 0.732. The highest BCUT2D eigenvalue weighted by molar-refractivity contribution is 5.27. The third-order valence-corrected chi connectivity index (χ3v) is 2.79. The molecule has 0 N–H and O–H groups in total. The van der Waals surface area contributed by atoms with Gasteiger partial charge in [0.25, 0.3) is 0 Å². The van der Waals surface area contributed by atoms with E-state index in [4.69, 9.17) is 6.57 Å². The van der Waals surface area contributed by atoms with Crippen LogP contribution in [-0.4, -0.2) is 0 Å². The van der Waals surface area contributed by atoms with E-state index in [0.29, 0.717) is 5.92 Å². The quantitative estimate of drug-likeness (QED) is 0.625. The highest BCUT2D eigenvalue weighted by Gasteiger charge is 2.08. The van der Waals surface area contributed by atoms with Gasteiger partial charge in [-0.25, -0.2) is 6.57 Å². The average molecular weight is 187 g/mol. The summed E-state index contributed by atoms with van der Waals surface area (Å²) in [7, 11) is 0. The van der Waals surface area contributed by atoms with E-state index < -0.39 is 0 Å². The zero-order valence-electron chi connectivity index (χ0n) is 9.12. The SMILES string of the molecule is [C-]#[N+]C(C)c1ccc(C(C)CC)cc1. The van der Waals surface area contributed by atoms with Crippen LogP contribution >= 0.6 is 0 Å². The number of benzene rings is 1. The minimum atomic E-state index is -0.0130. The summed E-state index contributed by atoms with van der Waals surface area (Å²) in [4.78, 5) is 3.50. The summed E-state index contributed by atoms with van der Waals surface area (Å²) >= 11 is 0. The third kappa shape index (κ3) is 2.35. The van der Waals surface area contributed by atoms with Crippen molar-refractivity contribution < 1.29 is 0 Å². The Balaban J connectivity index is 2.84. The fourth-order valence-electron chi connectivity index (χ4n) is 1.41. The van der Waals surface area contributed by atoms with Gasteiger partial charge in [0, 0.05) is 12.5 Å². The van der Waals surface area contributed by atoms with Crippen molar-refractivity contribution in [3.05, 3.63) is 46.8 Å². The Morgan fingerprint density at radius 1 is 1.14 bits per heavy atom. The van der Waals surface area contributed by atoms with Crippen LogP contribution in [0.2, 0.25) is 0 Å². The maximum absolute atomic E-state index is 6.95. The van der Waals surface area contributed by atoms with Crippen molar-refractivity contribution in [2.75, 3.05) is 0 Å². The summed E-state index contributed by atoms with van der Waals surface area (Å²) in [5.41, 5.74) is 2.49. The highest BCUT2D eigenvalue weighted by Crippen LogP contribution is 2.22. The Bertz CT molecular complexity index is 318. The first kappa shape index (κ1) is 10.8. The van der Waals surface area contributed by atoms with Gasteiger partial charge in [-0.05, 0) is 17.9 Å². The van der Waals surface area contributed by atoms with Gasteiger partial charge in [-0.15, -0.1) is 0 Å². The molecule has 0 saturated carbocycles. The molecule has 0 spiro atoms. The van der Waals surface area contributed by atoms with Gasteiger partial charge < -0.3 is 4.85 Å². The monoisotopic (exact) mass is 187 g/mol. The Morgan fingerprint density at radius 2 is 1.64 bits per heavy atom. The van der Waals surface area contributed by atoms with Crippen molar-refractivity contribution in [2.45, 2.75) is 39.2 Å². The van der Waals surface area contributed by atoms with Crippen molar-refractivity contribution >= 4 is 0 Å². The lowest BCUT2D eigenvalue weighted by Gasteiger charge is -2.09. The molecule has 0 aliphatic carbocycles. The van der Waals surface area contributed by atoms with Gasteiger partial charge in [0.2, 0.25) is 6.04 Å².